The fourth-order valence-electron chi connectivity index (χ4n) is 4.36. The molecule has 1 amide bonds. The number of Topliss-reactive ketones (excluding diaryl/α,β-unsaturated/α-hetero) is 1. The number of ketones is 1. The van der Waals surface area contributed by atoms with E-state index in [1.807, 2.05) is 30.3 Å². The van der Waals surface area contributed by atoms with Gasteiger partial charge < -0.3 is 19.5 Å². The van der Waals surface area contributed by atoms with Crippen LogP contribution in [-0.4, -0.2) is 42.0 Å². The van der Waals surface area contributed by atoms with E-state index >= 15 is 0 Å². The fraction of sp³-hybridized carbons (Fsp3) is 0.241. The molecule has 0 bridgehead atoms. The van der Waals surface area contributed by atoms with Crippen molar-refractivity contribution in [3.63, 3.8) is 0 Å². The molecule has 6 nitrogen and oxygen atoms in total. The number of ether oxygens (including phenoxy) is 2. The molecule has 36 heavy (non-hydrogen) atoms. The van der Waals surface area contributed by atoms with Gasteiger partial charge in [-0.2, -0.15) is 0 Å². The van der Waals surface area contributed by atoms with Crippen LogP contribution in [0.3, 0.4) is 0 Å². The number of hydrogen-bond donors (Lipinski definition) is 1. The first kappa shape index (κ1) is 25.1. The van der Waals surface area contributed by atoms with Gasteiger partial charge in [0, 0.05) is 25.8 Å². The van der Waals surface area contributed by atoms with E-state index in [1.165, 1.54) is 29.2 Å². The summed E-state index contributed by atoms with van der Waals surface area (Å²) in [5.74, 6) is -1.57. The lowest BCUT2D eigenvalue weighted by Crippen LogP contribution is -2.31. The maximum atomic E-state index is 13.6. The number of likely N-dealkylation sites (tertiary alicyclic amines) is 1. The summed E-state index contributed by atoms with van der Waals surface area (Å²) in [6.45, 7) is 2.85. The zero-order valence-corrected chi connectivity index (χ0v) is 20.2. The maximum absolute atomic E-state index is 13.6. The highest BCUT2D eigenvalue weighted by atomic mass is 19.1. The third-order valence-corrected chi connectivity index (χ3v) is 6.17. The van der Waals surface area contributed by atoms with E-state index in [0.717, 1.165) is 5.56 Å². The van der Waals surface area contributed by atoms with Crippen LogP contribution in [0.1, 0.15) is 34.7 Å². The number of benzene rings is 3. The Kier molecular flexibility index (Phi) is 7.80. The second-order valence-corrected chi connectivity index (χ2v) is 8.64. The molecule has 1 saturated heterocycles. The first-order valence-corrected chi connectivity index (χ1v) is 11.7. The van der Waals surface area contributed by atoms with Crippen LogP contribution in [0.4, 0.5) is 4.39 Å². The van der Waals surface area contributed by atoms with Crippen molar-refractivity contribution in [2.45, 2.75) is 26.0 Å². The Balaban J connectivity index is 1.68. The van der Waals surface area contributed by atoms with Gasteiger partial charge in [0.25, 0.3) is 11.7 Å². The second-order valence-electron chi connectivity index (χ2n) is 8.64. The molecule has 7 heteroatoms. The van der Waals surface area contributed by atoms with E-state index in [1.54, 1.807) is 32.2 Å². The average Bonchev–Trinajstić information content (AvgIpc) is 3.13. The lowest BCUT2D eigenvalue weighted by molar-refractivity contribution is -0.140. The number of hydrogen-bond acceptors (Lipinski definition) is 5. The van der Waals surface area contributed by atoms with Crippen molar-refractivity contribution in [2.24, 2.45) is 0 Å². The molecule has 3 aromatic rings. The molecular weight excluding hydrogens is 461 g/mol. The Morgan fingerprint density at radius 3 is 2.42 bits per heavy atom. The lowest BCUT2D eigenvalue weighted by Gasteiger charge is -2.25. The average molecular weight is 490 g/mol. The van der Waals surface area contributed by atoms with Crippen molar-refractivity contribution in [1.82, 2.24) is 4.90 Å². The SMILES string of the molecule is COCCCN1C(=O)C(=O)/C(=C(/O)c2ccc(OCc3ccccc3)cc2C)C1c1ccc(F)cc1. The van der Waals surface area contributed by atoms with Crippen LogP contribution >= 0.6 is 0 Å². The van der Waals surface area contributed by atoms with Gasteiger partial charge in [-0.25, -0.2) is 4.39 Å². The molecule has 1 unspecified atom stereocenters. The topological polar surface area (TPSA) is 76.1 Å². The summed E-state index contributed by atoms with van der Waals surface area (Å²) < 4.78 is 24.6. The van der Waals surface area contributed by atoms with Gasteiger partial charge in [0.05, 0.1) is 11.6 Å². The molecule has 0 aromatic heterocycles. The predicted molar refractivity (Wildman–Crippen MR) is 134 cm³/mol. The van der Waals surface area contributed by atoms with Crippen molar-refractivity contribution in [1.29, 1.82) is 0 Å². The standard InChI is InChI=1S/C29H28FNO5/c1-19-17-23(36-18-20-7-4-3-5-8-20)13-14-24(19)27(32)25-26(21-9-11-22(30)12-10-21)31(15-6-16-35-2)29(34)28(25)33/h3-5,7-14,17,26,32H,6,15-16,18H2,1-2H3/b27-25+. The van der Waals surface area contributed by atoms with Crippen molar-refractivity contribution in [3.05, 3.63) is 106 Å². The van der Waals surface area contributed by atoms with Gasteiger partial charge >= 0.3 is 0 Å². The third kappa shape index (κ3) is 5.31. The van der Waals surface area contributed by atoms with Crippen molar-refractivity contribution in [2.75, 3.05) is 20.3 Å². The minimum absolute atomic E-state index is 0.0231. The molecule has 1 N–H and O–H groups in total. The minimum atomic E-state index is -0.837. The molecule has 1 aliphatic heterocycles. The summed E-state index contributed by atoms with van der Waals surface area (Å²) in [6, 6.07) is 19.7. The molecule has 1 heterocycles. The number of halogens is 1. The van der Waals surface area contributed by atoms with Crippen molar-refractivity contribution < 1.29 is 28.6 Å². The molecule has 0 spiro atoms. The Bertz CT molecular complexity index is 1270. The third-order valence-electron chi connectivity index (χ3n) is 6.17. The van der Waals surface area contributed by atoms with Gasteiger partial charge in [0.2, 0.25) is 0 Å². The minimum Gasteiger partial charge on any atom is -0.507 e. The predicted octanol–water partition coefficient (Wildman–Crippen LogP) is 5.17. The summed E-state index contributed by atoms with van der Waals surface area (Å²) in [5, 5.41) is 11.3. The van der Waals surface area contributed by atoms with E-state index in [0.29, 0.717) is 42.1 Å². The number of nitrogens with zero attached hydrogens (tertiary/aromatic N) is 1. The molecule has 3 aromatic carbocycles. The number of rotatable bonds is 9. The fourth-order valence-corrected chi connectivity index (χ4v) is 4.36. The van der Waals surface area contributed by atoms with Crippen LogP contribution in [0.15, 0.2) is 78.4 Å². The van der Waals surface area contributed by atoms with E-state index in [2.05, 4.69) is 0 Å². The number of methoxy groups -OCH3 is 1. The van der Waals surface area contributed by atoms with Gasteiger partial charge in [0.15, 0.2) is 0 Å². The highest BCUT2D eigenvalue weighted by molar-refractivity contribution is 6.46. The van der Waals surface area contributed by atoms with Gasteiger partial charge in [-0.15, -0.1) is 0 Å². The van der Waals surface area contributed by atoms with Crippen LogP contribution < -0.4 is 4.74 Å². The van der Waals surface area contributed by atoms with Crippen molar-refractivity contribution >= 4 is 17.4 Å². The Morgan fingerprint density at radius 2 is 1.75 bits per heavy atom. The first-order valence-electron chi connectivity index (χ1n) is 11.7. The van der Waals surface area contributed by atoms with Crippen LogP contribution in [0, 0.1) is 12.7 Å². The smallest absolute Gasteiger partial charge is 0.295 e. The monoisotopic (exact) mass is 489 g/mol. The molecule has 1 fully saturated rings. The molecule has 0 saturated carbocycles. The quantitative estimate of drug-likeness (QED) is 0.194. The normalized spacial score (nSPS) is 17.0. The number of carbonyl (C=O) groups excluding carboxylic acids is 2. The number of aryl methyl sites for hydroxylation is 1. The number of aliphatic hydroxyl groups is 1. The maximum Gasteiger partial charge on any atom is 0.295 e. The molecule has 1 atom stereocenters. The van der Waals surface area contributed by atoms with Gasteiger partial charge in [0.1, 0.15) is 23.9 Å². The summed E-state index contributed by atoms with van der Waals surface area (Å²) >= 11 is 0. The van der Waals surface area contributed by atoms with Gasteiger partial charge in [-0.3, -0.25) is 9.59 Å². The van der Waals surface area contributed by atoms with Crippen molar-refractivity contribution in [3.8, 4) is 5.75 Å². The highest BCUT2D eigenvalue weighted by Gasteiger charge is 2.45. The summed E-state index contributed by atoms with van der Waals surface area (Å²) in [4.78, 5) is 27.5. The number of aliphatic hydroxyl groups excluding tert-OH is 1. The van der Waals surface area contributed by atoms with E-state index in [4.69, 9.17) is 9.47 Å². The summed E-state index contributed by atoms with van der Waals surface area (Å²) in [5.41, 5.74) is 2.64. The van der Waals surface area contributed by atoms with Crippen LogP contribution in [0.5, 0.6) is 5.75 Å². The largest absolute Gasteiger partial charge is 0.507 e. The molecule has 0 radical (unpaired) electrons. The Hall–Kier alpha value is -3.97. The molecule has 4 rings (SSSR count). The first-order chi connectivity index (χ1) is 17.4. The summed E-state index contributed by atoms with van der Waals surface area (Å²) in [7, 11) is 1.56. The van der Waals surface area contributed by atoms with E-state index in [-0.39, 0.29) is 17.9 Å². The Labute approximate surface area is 209 Å². The molecular formula is C29H28FNO5. The molecule has 186 valence electrons. The van der Waals surface area contributed by atoms with Gasteiger partial charge in [-0.1, -0.05) is 42.5 Å². The number of amides is 1. The van der Waals surface area contributed by atoms with E-state index < -0.39 is 23.5 Å². The number of carbonyl (C=O) groups is 2. The second kappa shape index (κ2) is 11.2. The summed E-state index contributed by atoms with van der Waals surface area (Å²) in [6.07, 6.45) is 0.508. The van der Waals surface area contributed by atoms with E-state index in [9.17, 15) is 19.1 Å². The zero-order chi connectivity index (χ0) is 25.7. The van der Waals surface area contributed by atoms with Crippen LogP contribution in [0.25, 0.3) is 5.76 Å². The molecule has 1 aliphatic rings. The Morgan fingerprint density at radius 1 is 1.03 bits per heavy atom. The lowest BCUT2D eigenvalue weighted by atomic mass is 9.94. The van der Waals surface area contributed by atoms with Crippen LogP contribution in [-0.2, 0) is 20.9 Å². The van der Waals surface area contributed by atoms with Gasteiger partial charge in [-0.05, 0) is 60.4 Å². The molecule has 0 aliphatic carbocycles. The van der Waals surface area contributed by atoms with Crippen LogP contribution in [0.2, 0.25) is 0 Å². The zero-order valence-electron chi connectivity index (χ0n) is 20.2. The highest BCUT2D eigenvalue weighted by Crippen LogP contribution is 2.40.